The predicted octanol–water partition coefficient (Wildman–Crippen LogP) is 2.10. The van der Waals surface area contributed by atoms with Crippen molar-refractivity contribution in [2.45, 2.75) is 0 Å². The van der Waals surface area contributed by atoms with Gasteiger partial charge in [0.15, 0.2) is 5.78 Å². The summed E-state index contributed by atoms with van der Waals surface area (Å²) < 4.78 is 0. The van der Waals surface area contributed by atoms with Crippen LogP contribution in [-0.4, -0.2) is 24.9 Å². The molecule has 0 amide bonds. The molecule has 1 rings (SSSR count). The van der Waals surface area contributed by atoms with Gasteiger partial charge in [-0.15, -0.1) is 0 Å². The summed E-state index contributed by atoms with van der Waals surface area (Å²) in [4.78, 5) is 11.5. The normalized spacial score (nSPS) is 10.9. The molecule has 0 radical (unpaired) electrons. The van der Waals surface area contributed by atoms with Crippen molar-refractivity contribution in [3.05, 3.63) is 47.1 Å². The molecule has 1 N–H and O–H groups in total. The Labute approximate surface area is 94.3 Å². The van der Waals surface area contributed by atoms with Crippen LogP contribution in [0, 0.1) is 0 Å². The summed E-state index contributed by atoms with van der Waals surface area (Å²) in [6, 6.07) is 6.79. The predicted molar refractivity (Wildman–Crippen MR) is 61.7 cm³/mol. The summed E-state index contributed by atoms with van der Waals surface area (Å²) in [5.74, 6) is -0.0546. The number of nitrogens with one attached hydrogen (secondary N) is 1. The molecule has 15 heavy (non-hydrogen) atoms. The summed E-state index contributed by atoms with van der Waals surface area (Å²) in [6.45, 7) is 0. The molecule has 1 aromatic rings. The van der Waals surface area contributed by atoms with E-state index < -0.39 is 0 Å². The molecule has 0 aliphatic carbocycles. The van der Waals surface area contributed by atoms with E-state index in [1.54, 1.807) is 35.5 Å². The molecular weight excluding hydrogens is 212 g/mol. The molecule has 0 spiro atoms. The van der Waals surface area contributed by atoms with Gasteiger partial charge in [-0.1, -0.05) is 11.6 Å². The van der Waals surface area contributed by atoms with E-state index in [-0.39, 0.29) is 5.78 Å². The second-order valence-corrected chi connectivity index (χ2v) is 3.66. The number of carbonyl (C=O) groups is 1. The number of hydrogen-bond donors (Lipinski definition) is 1. The number of carbonyl (C=O) groups excluding carboxylic acids is 1. The van der Waals surface area contributed by atoms with E-state index in [1.807, 2.05) is 14.1 Å². The number of hydrazine groups is 1. The minimum absolute atomic E-state index is 0.0546. The zero-order chi connectivity index (χ0) is 11.3. The lowest BCUT2D eigenvalue weighted by atomic mass is 10.1. The Balaban J connectivity index is 2.61. The lowest BCUT2D eigenvalue weighted by Gasteiger charge is -2.07. The first-order chi connectivity index (χ1) is 7.09. The Hall–Kier alpha value is -1.32. The van der Waals surface area contributed by atoms with E-state index in [1.165, 1.54) is 6.08 Å². The molecule has 0 unspecified atom stereocenters. The van der Waals surface area contributed by atoms with Gasteiger partial charge in [-0.25, -0.2) is 5.01 Å². The van der Waals surface area contributed by atoms with Gasteiger partial charge in [0.25, 0.3) is 0 Å². The molecule has 0 saturated heterocycles. The largest absolute Gasteiger partial charge is 0.327 e. The maximum absolute atomic E-state index is 11.5. The number of ketones is 1. The standard InChI is InChI=1S/C11H13ClN2O/c1-14(2)13-8-7-11(15)9-3-5-10(12)6-4-9/h3-8,13H,1-2H3/b8-7-. The topological polar surface area (TPSA) is 32.3 Å². The molecule has 0 heterocycles. The highest BCUT2D eigenvalue weighted by molar-refractivity contribution is 6.30. The van der Waals surface area contributed by atoms with Crippen molar-refractivity contribution in [3.63, 3.8) is 0 Å². The van der Waals surface area contributed by atoms with Gasteiger partial charge in [0, 0.05) is 37.0 Å². The first kappa shape index (κ1) is 11.8. The van der Waals surface area contributed by atoms with Crippen LogP contribution in [-0.2, 0) is 0 Å². The van der Waals surface area contributed by atoms with Crippen LogP contribution in [0.1, 0.15) is 10.4 Å². The fourth-order valence-electron chi connectivity index (χ4n) is 0.972. The fraction of sp³-hybridized carbons (Fsp3) is 0.182. The highest BCUT2D eigenvalue weighted by Crippen LogP contribution is 2.10. The van der Waals surface area contributed by atoms with E-state index in [4.69, 9.17) is 11.6 Å². The van der Waals surface area contributed by atoms with E-state index in [2.05, 4.69) is 5.43 Å². The Morgan fingerprint density at radius 3 is 2.47 bits per heavy atom. The van der Waals surface area contributed by atoms with E-state index >= 15 is 0 Å². The monoisotopic (exact) mass is 224 g/mol. The second kappa shape index (κ2) is 5.53. The fourth-order valence-corrected chi connectivity index (χ4v) is 1.10. The summed E-state index contributed by atoms with van der Waals surface area (Å²) in [5.41, 5.74) is 3.48. The van der Waals surface area contributed by atoms with Gasteiger partial charge in [-0.3, -0.25) is 4.79 Å². The molecule has 0 fully saturated rings. The number of nitrogens with zero attached hydrogens (tertiary/aromatic N) is 1. The van der Waals surface area contributed by atoms with Gasteiger partial charge in [0.05, 0.1) is 0 Å². The van der Waals surface area contributed by atoms with Crippen LogP contribution < -0.4 is 5.43 Å². The van der Waals surface area contributed by atoms with Crippen LogP contribution in [0.4, 0.5) is 0 Å². The van der Waals surface area contributed by atoms with Crippen LogP contribution >= 0.6 is 11.6 Å². The lowest BCUT2D eigenvalue weighted by molar-refractivity contribution is 0.104. The molecule has 80 valence electrons. The Morgan fingerprint density at radius 2 is 1.93 bits per heavy atom. The SMILES string of the molecule is CN(C)N/C=C\C(=O)c1ccc(Cl)cc1. The number of halogens is 1. The van der Waals surface area contributed by atoms with Crippen LogP contribution in [0.15, 0.2) is 36.5 Å². The van der Waals surface area contributed by atoms with Crippen molar-refractivity contribution >= 4 is 17.4 Å². The third-order valence-electron chi connectivity index (χ3n) is 1.70. The average molecular weight is 225 g/mol. The average Bonchev–Trinajstić information content (AvgIpc) is 2.18. The first-order valence-corrected chi connectivity index (χ1v) is 4.87. The molecule has 0 aliphatic heterocycles. The van der Waals surface area contributed by atoms with Crippen molar-refractivity contribution in [2.24, 2.45) is 0 Å². The van der Waals surface area contributed by atoms with E-state index in [0.29, 0.717) is 10.6 Å². The third kappa shape index (κ3) is 4.14. The molecule has 0 aromatic heterocycles. The number of hydrogen-bond acceptors (Lipinski definition) is 3. The van der Waals surface area contributed by atoms with Crippen LogP contribution in [0.25, 0.3) is 0 Å². The van der Waals surface area contributed by atoms with Gasteiger partial charge in [0.1, 0.15) is 0 Å². The Morgan fingerprint density at radius 1 is 1.33 bits per heavy atom. The van der Waals surface area contributed by atoms with Crippen LogP contribution in [0.5, 0.6) is 0 Å². The minimum Gasteiger partial charge on any atom is -0.327 e. The van der Waals surface area contributed by atoms with Crippen molar-refractivity contribution in [3.8, 4) is 0 Å². The molecule has 1 aromatic carbocycles. The Kier molecular flexibility index (Phi) is 4.34. The summed E-state index contributed by atoms with van der Waals surface area (Å²) in [7, 11) is 3.69. The zero-order valence-electron chi connectivity index (χ0n) is 8.70. The summed E-state index contributed by atoms with van der Waals surface area (Å²) in [6.07, 6.45) is 3.07. The highest BCUT2D eigenvalue weighted by atomic mass is 35.5. The molecule has 0 aliphatic rings. The molecule has 3 nitrogen and oxygen atoms in total. The molecule has 0 atom stereocenters. The van der Waals surface area contributed by atoms with Crippen molar-refractivity contribution in [2.75, 3.05) is 14.1 Å². The summed E-state index contributed by atoms with van der Waals surface area (Å²) in [5, 5.41) is 2.37. The summed E-state index contributed by atoms with van der Waals surface area (Å²) >= 11 is 5.71. The lowest BCUT2D eigenvalue weighted by Crippen LogP contribution is -2.24. The maximum Gasteiger partial charge on any atom is 0.187 e. The van der Waals surface area contributed by atoms with E-state index in [0.717, 1.165) is 0 Å². The van der Waals surface area contributed by atoms with Crippen molar-refractivity contribution in [1.29, 1.82) is 0 Å². The molecular formula is C11H13ClN2O. The molecule has 4 heteroatoms. The maximum atomic E-state index is 11.5. The molecule has 0 bridgehead atoms. The molecule has 0 saturated carbocycles. The second-order valence-electron chi connectivity index (χ2n) is 3.23. The Bertz CT molecular complexity index is 357. The van der Waals surface area contributed by atoms with Gasteiger partial charge >= 0.3 is 0 Å². The number of allylic oxidation sites excluding steroid dienone is 1. The van der Waals surface area contributed by atoms with Gasteiger partial charge in [-0.2, -0.15) is 0 Å². The highest BCUT2D eigenvalue weighted by Gasteiger charge is 2.00. The van der Waals surface area contributed by atoms with Crippen molar-refractivity contribution in [1.82, 2.24) is 10.4 Å². The quantitative estimate of drug-likeness (QED) is 0.483. The first-order valence-electron chi connectivity index (χ1n) is 4.49. The van der Waals surface area contributed by atoms with Gasteiger partial charge in [-0.05, 0) is 24.3 Å². The van der Waals surface area contributed by atoms with E-state index in [9.17, 15) is 4.79 Å². The van der Waals surface area contributed by atoms with Crippen LogP contribution in [0.2, 0.25) is 5.02 Å². The smallest absolute Gasteiger partial charge is 0.187 e. The van der Waals surface area contributed by atoms with Gasteiger partial charge in [0.2, 0.25) is 0 Å². The third-order valence-corrected chi connectivity index (χ3v) is 1.95. The number of benzene rings is 1. The number of rotatable bonds is 4. The van der Waals surface area contributed by atoms with Crippen molar-refractivity contribution < 1.29 is 4.79 Å². The zero-order valence-corrected chi connectivity index (χ0v) is 9.45. The van der Waals surface area contributed by atoms with Crippen LogP contribution in [0.3, 0.4) is 0 Å². The minimum atomic E-state index is -0.0546. The van der Waals surface area contributed by atoms with Gasteiger partial charge < -0.3 is 5.43 Å².